The summed E-state index contributed by atoms with van der Waals surface area (Å²) in [5.74, 6) is -1.36. The van der Waals surface area contributed by atoms with Gasteiger partial charge in [0.25, 0.3) is 5.91 Å². The Balaban J connectivity index is 2.12. The van der Waals surface area contributed by atoms with Crippen LogP contribution in [0.3, 0.4) is 0 Å². The molecule has 0 fully saturated rings. The number of methoxy groups -OCH3 is 2. The zero-order valence-electron chi connectivity index (χ0n) is 18.6. The second kappa shape index (κ2) is 11.9. The summed E-state index contributed by atoms with van der Waals surface area (Å²) in [4.78, 5) is 41.1. The van der Waals surface area contributed by atoms with Gasteiger partial charge in [0.1, 0.15) is 6.04 Å². The number of aromatic nitrogens is 4. The van der Waals surface area contributed by atoms with Crippen LogP contribution in [0.1, 0.15) is 42.9 Å². The molecule has 0 aliphatic heterocycles. The summed E-state index contributed by atoms with van der Waals surface area (Å²) < 4.78 is 11.0. The van der Waals surface area contributed by atoms with Gasteiger partial charge in [0.2, 0.25) is 0 Å². The van der Waals surface area contributed by atoms with Crippen LogP contribution in [0.2, 0.25) is 0 Å². The predicted molar refractivity (Wildman–Crippen MR) is 122 cm³/mol. The van der Waals surface area contributed by atoms with E-state index in [1.807, 2.05) is 0 Å². The minimum atomic E-state index is -0.856. The van der Waals surface area contributed by atoms with E-state index < -0.39 is 29.9 Å². The fourth-order valence-electron chi connectivity index (χ4n) is 2.52. The zero-order valence-corrected chi connectivity index (χ0v) is 20.2. The van der Waals surface area contributed by atoms with E-state index in [9.17, 15) is 14.4 Å². The molecule has 0 spiro atoms. The second-order valence-corrected chi connectivity index (χ2v) is 10.9. The van der Waals surface area contributed by atoms with Gasteiger partial charge in [-0.15, -0.1) is 5.10 Å². The standard InChI is InChI=1S/C20H27N5O5S2/c1-20(2,3)32-31-12-15(18(27)29-4)22-17(26)14-11-25(24-23-14)16(19(28)30-5)10-13-6-8-21-9-7-13/h6-9,11,15-16H,10,12H2,1-5H3,(H,22,26)/t15-,16-/m0/s1. The average Bonchev–Trinajstić information content (AvgIpc) is 3.25. The number of carbonyl (C=O) groups excluding carboxylic acids is 3. The van der Waals surface area contributed by atoms with E-state index in [2.05, 4.69) is 41.4 Å². The van der Waals surface area contributed by atoms with Crippen molar-refractivity contribution in [2.24, 2.45) is 0 Å². The summed E-state index contributed by atoms with van der Waals surface area (Å²) in [6.07, 6.45) is 4.87. The molecular formula is C20H27N5O5S2. The molecule has 2 atom stereocenters. The first kappa shape index (κ1) is 25.7. The second-order valence-electron chi connectivity index (χ2n) is 7.71. The molecule has 0 aliphatic rings. The quantitative estimate of drug-likeness (QED) is 0.398. The van der Waals surface area contributed by atoms with E-state index in [0.717, 1.165) is 5.56 Å². The lowest BCUT2D eigenvalue weighted by Crippen LogP contribution is -2.43. The van der Waals surface area contributed by atoms with E-state index in [-0.39, 0.29) is 16.9 Å². The van der Waals surface area contributed by atoms with Crippen LogP contribution in [0, 0.1) is 0 Å². The van der Waals surface area contributed by atoms with Crippen molar-refractivity contribution in [3.05, 3.63) is 42.0 Å². The van der Waals surface area contributed by atoms with E-state index in [0.29, 0.717) is 5.75 Å². The predicted octanol–water partition coefficient (Wildman–Crippen LogP) is 2.08. The molecule has 0 aliphatic carbocycles. The third-order valence-corrected chi connectivity index (χ3v) is 7.40. The highest BCUT2D eigenvalue weighted by Gasteiger charge is 2.27. The molecule has 0 bridgehead atoms. The number of esters is 2. The highest BCUT2D eigenvalue weighted by atomic mass is 33.1. The third kappa shape index (κ3) is 7.83. The minimum absolute atomic E-state index is 0.00421. The maximum absolute atomic E-state index is 12.7. The number of ether oxygens (including phenoxy) is 2. The van der Waals surface area contributed by atoms with Crippen LogP contribution in [0.5, 0.6) is 0 Å². The average molecular weight is 482 g/mol. The number of rotatable bonds is 10. The molecule has 1 amide bonds. The minimum Gasteiger partial charge on any atom is -0.467 e. The van der Waals surface area contributed by atoms with Crippen LogP contribution in [0.15, 0.2) is 30.7 Å². The molecule has 12 heteroatoms. The summed E-state index contributed by atoms with van der Waals surface area (Å²) in [5, 5.41) is 10.4. The Labute approximate surface area is 194 Å². The van der Waals surface area contributed by atoms with Crippen LogP contribution in [-0.4, -0.2) is 68.6 Å². The Morgan fingerprint density at radius 1 is 1.12 bits per heavy atom. The van der Waals surface area contributed by atoms with Crippen LogP contribution >= 0.6 is 21.6 Å². The molecule has 0 aromatic carbocycles. The number of carbonyl (C=O) groups is 3. The van der Waals surface area contributed by atoms with Crippen molar-refractivity contribution in [2.45, 2.75) is 44.0 Å². The molecule has 0 saturated carbocycles. The van der Waals surface area contributed by atoms with Gasteiger partial charge >= 0.3 is 11.9 Å². The molecule has 2 aromatic rings. The van der Waals surface area contributed by atoms with E-state index in [4.69, 9.17) is 9.47 Å². The molecule has 32 heavy (non-hydrogen) atoms. The van der Waals surface area contributed by atoms with Gasteiger partial charge in [-0.3, -0.25) is 9.78 Å². The highest BCUT2D eigenvalue weighted by Crippen LogP contribution is 2.35. The van der Waals surface area contributed by atoms with Gasteiger partial charge in [0.15, 0.2) is 11.7 Å². The fraction of sp³-hybridized carbons (Fsp3) is 0.500. The Morgan fingerprint density at radius 2 is 1.78 bits per heavy atom. The first-order chi connectivity index (χ1) is 15.1. The van der Waals surface area contributed by atoms with Crippen molar-refractivity contribution >= 4 is 39.4 Å². The van der Waals surface area contributed by atoms with Gasteiger partial charge < -0.3 is 14.8 Å². The lowest BCUT2D eigenvalue weighted by molar-refractivity contribution is -0.145. The molecule has 2 rings (SSSR count). The van der Waals surface area contributed by atoms with Crippen LogP contribution in [0.25, 0.3) is 0 Å². The smallest absolute Gasteiger partial charge is 0.331 e. The van der Waals surface area contributed by atoms with Crippen molar-refractivity contribution in [2.75, 3.05) is 20.0 Å². The molecule has 0 radical (unpaired) electrons. The molecule has 10 nitrogen and oxygen atoms in total. The van der Waals surface area contributed by atoms with Crippen LogP contribution < -0.4 is 5.32 Å². The molecule has 1 N–H and O–H groups in total. The van der Waals surface area contributed by atoms with Crippen molar-refractivity contribution in [3.63, 3.8) is 0 Å². The monoisotopic (exact) mass is 481 g/mol. The Bertz CT molecular complexity index is 917. The van der Waals surface area contributed by atoms with Gasteiger partial charge in [-0.25, -0.2) is 14.3 Å². The lowest BCUT2D eigenvalue weighted by atomic mass is 10.1. The van der Waals surface area contributed by atoms with Crippen molar-refractivity contribution in [1.82, 2.24) is 25.3 Å². The maximum atomic E-state index is 12.7. The first-order valence-electron chi connectivity index (χ1n) is 9.72. The fourth-order valence-corrected chi connectivity index (χ4v) is 4.97. The largest absolute Gasteiger partial charge is 0.467 e. The number of hydrogen-bond donors (Lipinski definition) is 1. The Hall–Kier alpha value is -2.60. The summed E-state index contributed by atoms with van der Waals surface area (Å²) in [7, 11) is 5.60. The first-order valence-corrected chi connectivity index (χ1v) is 12.0. The van der Waals surface area contributed by atoms with Crippen LogP contribution in [0.4, 0.5) is 0 Å². The molecule has 0 saturated heterocycles. The lowest BCUT2D eigenvalue weighted by Gasteiger charge is -2.19. The highest BCUT2D eigenvalue weighted by molar-refractivity contribution is 8.77. The molecule has 2 aromatic heterocycles. The van der Waals surface area contributed by atoms with Gasteiger partial charge in [0, 0.05) is 29.3 Å². The maximum Gasteiger partial charge on any atom is 0.331 e. The summed E-state index contributed by atoms with van der Waals surface area (Å²) in [6, 6.07) is 1.88. The summed E-state index contributed by atoms with van der Waals surface area (Å²) in [5.41, 5.74) is 0.812. The Kier molecular flexibility index (Phi) is 9.51. The number of amides is 1. The number of pyridine rings is 1. The van der Waals surface area contributed by atoms with Crippen LogP contribution in [-0.2, 0) is 25.5 Å². The number of nitrogens with one attached hydrogen (secondary N) is 1. The molecule has 2 heterocycles. The van der Waals surface area contributed by atoms with E-state index >= 15 is 0 Å². The molecular weight excluding hydrogens is 454 g/mol. The van der Waals surface area contributed by atoms with Crippen molar-refractivity contribution < 1.29 is 23.9 Å². The van der Waals surface area contributed by atoms with Crippen molar-refractivity contribution in [3.8, 4) is 0 Å². The third-order valence-electron chi connectivity index (χ3n) is 4.05. The summed E-state index contributed by atoms with van der Waals surface area (Å²) in [6.45, 7) is 6.16. The van der Waals surface area contributed by atoms with E-state index in [1.165, 1.54) is 35.9 Å². The molecule has 0 unspecified atom stereocenters. The number of hydrogen-bond acceptors (Lipinski definition) is 10. The Morgan fingerprint density at radius 3 is 2.38 bits per heavy atom. The van der Waals surface area contributed by atoms with E-state index in [1.54, 1.807) is 35.3 Å². The van der Waals surface area contributed by atoms with Gasteiger partial charge in [-0.05, 0) is 17.7 Å². The molecule has 174 valence electrons. The summed E-state index contributed by atoms with van der Waals surface area (Å²) >= 11 is 0. The number of nitrogens with zero attached hydrogens (tertiary/aromatic N) is 4. The normalized spacial score (nSPS) is 13.2. The van der Waals surface area contributed by atoms with Crippen molar-refractivity contribution in [1.29, 1.82) is 0 Å². The van der Waals surface area contributed by atoms with Gasteiger partial charge in [-0.2, -0.15) is 0 Å². The zero-order chi connectivity index (χ0) is 23.7. The topological polar surface area (TPSA) is 125 Å². The SMILES string of the molecule is COC(=O)[C@H](CSSC(C)(C)C)NC(=O)c1cn([C@@H](Cc2ccncc2)C(=O)OC)nn1. The van der Waals surface area contributed by atoms with Gasteiger partial charge in [-0.1, -0.05) is 47.6 Å². The van der Waals surface area contributed by atoms with Gasteiger partial charge in [0.05, 0.1) is 20.4 Å².